The van der Waals surface area contributed by atoms with Crippen molar-refractivity contribution in [2.75, 3.05) is 0 Å². The molecule has 0 radical (unpaired) electrons. The van der Waals surface area contributed by atoms with Gasteiger partial charge in [-0.25, -0.2) is 4.98 Å². The zero-order chi connectivity index (χ0) is 9.97. The molecule has 0 N–H and O–H groups in total. The van der Waals surface area contributed by atoms with Crippen LogP contribution in [0.3, 0.4) is 0 Å². The maximum Gasteiger partial charge on any atom is 0.0901 e. The van der Waals surface area contributed by atoms with E-state index in [-0.39, 0.29) is 0 Å². The number of thiazole rings is 1. The predicted molar refractivity (Wildman–Crippen MR) is 61.4 cm³/mol. The Bertz CT molecular complexity index is 442. The second-order valence-electron chi connectivity index (χ2n) is 3.10. The minimum absolute atomic E-state index is 0.985. The van der Waals surface area contributed by atoms with E-state index in [2.05, 4.69) is 23.7 Å². The summed E-state index contributed by atoms with van der Waals surface area (Å²) >= 11 is 1.66. The molecule has 0 fully saturated rings. The van der Waals surface area contributed by atoms with Gasteiger partial charge in [0.05, 0.1) is 10.7 Å². The number of hydrogen-bond acceptors (Lipinski definition) is 2. The summed E-state index contributed by atoms with van der Waals surface area (Å²) in [6, 6.07) is 10.1. The van der Waals surface area contributed by atoms with Gasteiger partial charge in [0.15, 0.2) is 0 Å². The highest BCUT2D eigenvalue weighted by atomic mass is 32.1. The van der Waals surface area contributed by atoms with Crippen LogP contribution in [-0.2, 0) is 0 Å². The fraction of sp³-hybridized carbons (Fsp3) is 0.0833. The maximum atomic E-state index is 4.41. The van der Waals surface area contributed by atoms with Crippen LogP contribution in [0.5, 0.6) is 0 Å². The van der Waals surface area contributed by atoms with E-state index in [9.17, 15) is 0 Å². The average Bonchev–Trinajstić information content (AvgIpc) is 2.65. The van der Waals surface area contributed by atoms with Gasteiger partial charge in [-0.1, -0.05) is 36.9 Å². The van der Waals surface area contributed by atoms with Crippen LogP contribution in [0, 0.1) is 6.92 Å². The maximum absolute atomic E-state index is 4.41. The van der Waals surface area contributed by atoms with Gasteiger partial charge in [0.2, 0.25) is 0 Å². The van der Waals surface area contributed by atoms with Crippen LogP contribution in [0.25, 0.3) is 5.57 Å². The Balaban J connectivity index is 2.34. The molecule has 70 valence electrons. The molecule has 0 saturated carbocycles. The number of rotatable bonds is 2. The molecular weight excluding hydrogens is 190 g/mol. The third-order valence-corrected chi connectivity index (χ3v) is 2.82. The SMILES string of the molecule is C=C(c1ccccc1)c1csc(C)n1. The molecule has 1 aromatic carbocycles. The quantitative estimate of drug-likeness (QED) is 0.724. The van der Waals surface area contributed by atoms with Crippen molar-refractivity contribution in [1.29, 1.82) is 0 Å². The molecule has 0 amide bonds. The summed E-state index contributed by atoms with van der Waals surface area (Å²) in [5, 5.41) is 3.13. The minimum atomic E-state index is 0.985. The Hall–Kier alpha value is -1.41. The Morgan fingerprint density at radius 2 is 2.00 bits per heavy atom. The highest BCUT2D eigenvalue weighted by molar-refractivity contribution is 7.09. The van der Waals surface area contributed by atoms with Gasteiger partial charge in [0.1, 0.15) is 0 Å². The van der Waals surface area contributed by atoms with E-state index in [0.717, 1.165) is 21.8 Å². The Kier molecular flexibility index (Phi) is 2.46. The van der Waals surface area contributed by atoms with Crippen molar-refractivity contribution in [2.24, 2.45) is 0 Å². The lowest BCUT2D eigenvalue weighted by molar-refractivity contribution is 1.26. The molecule has 0 atom stereocenters. The van der Waals surface area contributed by atoms with Crippen LogP contribution >= 0.6 is 11.3 Å². The summed E-state index contributed by atoms with van der Waals surface area (Å²) < 4.78 is 0. The van der Waals surface area contributed by atoms with Crippen LogP contribution in [0.2, 0.25) is 0 Å². The van der Waals surface area contributed by atoms with E-state index in [4.69, 9.17) is 0 Å². The summed E-state index contributed by atoms with van der Waals surface area (Å²) in [6.07, 6.45) is 0. The molecule has 0 aliphatic heterocycles. The Morgan fingerprint density at radius 1 is 1.29 bits per heavy atom. The molecule has 0 spiro atoms. The van der Waals surface area contributed by atoms with Crippen LogP contribution in [0.1, 0.15) is 16.3 Å². The van der Waals surface area contributed by atoms with E-state index < -0.39 is 0 Å². The lowest BCUT2D eigenvalue weighted by Gasteiger charge is -2.00. The molecule has 2 heteroatoms. The largest absolute Gasteiger partial charge is 0.242 e. The van der Waals surface area contributed by atoms with Crippen molar-refractivity contribution < 1.29 is 0 Å². The van der Waals surface area contributed by atoms with E-state index in [1.54, 1.807) is 11.3 Å². The molecular formula is C12H11NS. The third-order valence-electron chi connectivity index (χ3n) is 2.05. The van der Waals surface area contributed by atoms with Gasteiger partial charge >= 0.3 is 0 Å². The Labute approximate surface area is 87.8 Å². The van der Waals surface area contributed by atoms with Gasteiger partial charge in [-0.2, -0.15) is 0 Å². The van der Waals surface area contributed by atoms with Crippen LogP contribution in [0.15, 0.2) is 42.3 Å². The molecule has 1 nitrogen and oxygen atoms in total. The first kappa shape index (κ1) is 9.16. The molecule has 14 heavy (non-hydrogen) atoms. The molecule has 0 unspecified atom stereocenters. The van der Waals surface area contributed by atoms with Gasteiger partial charge in [-0.3, -0.25) is 0 Å². The second-order valence-corrected chi connectivity index (χ2v) is 4.16. The fourth-order valence-electron chi connectivity index (χ4n) is 1.29. The molecule has 0 bridgehead atoms. The lowest BCUT2D eigenvalue weighted by atomic mass is 10.1. The molecule has 2 rings (SSSR count). The smallest absolute Gasteiger partial charge is 0.0901 e. The van der Waals surface area contributed by atoms with Crippen LogP contribution in [-0.4, -0.2) is 4.98 Å². The van der Waals surface area contributed by atoms with Crippen molar-refractivity contribution in [1.82, 2.24) is 4.98 Å². The number of benzene rings is 1. The predicted octanol–water partition coefficient (Wildman–Crippen LogP) is 3.51. The van der Waals surface area contributed by atoms with Crippen molar-refractivity contribution in [2.45, 2.75) is 6.92 Å². The van der Waals surface area contributed by atoms with Gasteiger partial charge in [0.25, 0.3) is 0 Å². The normalized spacial score (nSPS) is 10.1. The number of nitrogens with zero attached hydrogens (tertiary/aromatic N) is 1. The third kappa shape index (κ3) is 1.75. The number of hydrogen-bond donors (Lipinski definition) is 0. The summed E-state index contributed by atoms with van der Waals surface area (Å²) in [5.41, 5.74) is 3.12. The van der Waals surface area contributed by atoms with Gasteiger partial charge in [-0.15, -0.1) is 11.3 Å². The van der Waals surface area contributed by atoms with Gasteiger partial charge in [0, 0.05) is 11.0 Å². The van der Waals surface area contributed by atoms with Crippen molar-refractivity contribution in [3.63, 3.8) is 0 Å². The molecule has 0 saturated heterocycles. The van der Waals surface area contributed by atoms with E-state index in [1.807, 2.05) is 30.5 Å². The zero-order valence-corrected chi connectivity index (χ0v) is 8.84. The fourth-order valence-corrected chi connectivity index (χ4v) is 1.92. The second kappa shape index (κ2) is 3.76. The summed E-state index contributed by atoms with van der Waals surface area (Å²) in [4.78, 5) is 4.41. The van der Waals surface area contributed by atoms with Gasteiger partial charge < -0.3 is 0 Å². The molecule has 0 aliphatic rings. The highest BCUT2D eigenvalue weighted by Gasteiger charge is 2.04. The first-order valence-corrected chi connectivity index (χ1v) is 5.32. The standard InChI is InChI=1S/C12H11NS/c1-9(11-6-4-3-5-7-11)12-8-14-10(2)13-12/h3-8H,1H2,2H3. The van der Waals surface area contributed by atoms with Crippen molar-refractivity contribution >= 4 is 16.9 Å². The van der Waals surface area contributed by atoms with E-state index >= 15 is 0 Å². The minimum Gasteiger partial charge on any atom is -0.242 e. The van der Waals surface area contributed by atoms with Crippen molar-refractivity contribution in [3.05, 3.63) is 58.6 Å². The summed E-state index contributed by atoms with van der Waals surface area (Å²) in [6.45, 7) is 6.06. The molecule has 1 aromatic heterocycles. The summed E-state index contributed by atoms with van der Waals surface area (Å²) in [5.74, 6) is 0. The highest BCUT2D eigenvalue weighted by Crippen LogP contribution is 2.22. The van der Waals surface area contributed by atoms with Crippen LogP contribution < -0.4 is 0 Å². The molecule has 0 aliphatic carbocycles. The van der Waals surface area contributed by atoms with Crippen molar-refractivity contribution in [3.8, 4) is 0 Å². The van der Waals surface area contributed by atoms with Crippen LogP contribution in [0.4, 0.5) is 0 Å². The average molecular weight is 201 g/mol. The lowest BCUT2D eigenvalue weighted by Crippen LogP contribution is -1.85. The van der Waals surface area contributed by atoms with E-state index in [1.165, 1.54) is 0 Å². The number of aromatic nitrogens is 1. The first-order valence-electron chi connectivity index (χ1n) is 4.44. The monoisotopic (exact) mass is 201 g/mol. The summed E-state index contributed by atoms with van der Waals surface area (Å²) in [7, 11) is 0. The zero-order valence-electron chi connectivity index (χ0n) is 8.03. The first-order chi connectivity index (χ1) is 6.77. The molecule has 1 heterocycles. The number of aryl methyl sites for hydroxylation is 1. The van der Waals surface area contributed by atoms with Gasteiger partial charge in [-0.05, 0) is 12.5 Å². The molecule has 2 aromatic rings. The Morgan fingerprint density at radius 3 is 2.57 bits per heavy atom. The topological polar surface area (TPSA) is 12.9 Å². The van der Waals surface area contributed by atoms with E-state index in [0.29, 0.717) is 0 Å².